The molecule has 0 aliphatic rings. The minimum atomic E-state index is 0.401. The fourth-order valence-electron chi connectivity index (χ4n) is 1.48. The zero-order valence-electron chi connectivity index (χ0n) is 10.9. The Hall–Kier alpha value is -2.36. The van der Waals surface area contributed by atoms with Gasteiger partial charge in [0.2, 0.25) is 0 Å². The van der Waals surface area contributed by atoms with Gasteiger partial charge in [-0.05, 0) is 36.4 Å². The molecule has 0 radical (unpaired) electrons. The molecule has 0 atom stereocenters. The number of benzene rings is 2. The molecule has 2 rings (SSSR count). The molecule has 2 aromatic carbocycles. The first-order valence-corrected chi connectivity index (χ1v) is 7.13. The molecule has 0 aliphatic heterocycles. The first kappa shape index (κ1) is 14.1. The fourth-order valence-corrected chi connectivity index (χ4v) is 2.15. The topological polar surface area (TPSA) is 33.0 Å². The third kappa shape index (κ3) is 4.72. The summed E-state index contributed by atoms with van der Waals surface area (Å²) < 4.78 is 5.47. The highest BCUT2D eigenvalue weighted by molar-refractivity contribution is 7.99. The Morgan fingerprint density at radius 1 is 0.950 bits per heavy atom. The van der Waals surface area contributed by atoms with Crippen molar-refractivity contribution in [3.63, 3.8) is 0 Å². The highest BCUT2D eigenvalue weighted by Gasteiger charge is 1.93. The summed E-state index contributed by atoms with van der Waals surface area (Å²) in [5.41, 5.74) is 0.677. The first-order valence-electron chi connectivity index (χ1n) is 6.15. The smallest absolute Gasteiger partial charge is 0.149 e. The molecule has 0 unspecified atom stereocenters. The summed E-state index contributed by atoms with van der Waals surface area (Å²) in [7, 11) is 0. The summed E-state index contributed by atoms with van der Waals surface area (Å²) in [6, 6.07) is 19.2. The second kappa shape index (κ2) is 7.94. The maximum atomic E-state index is 8.70. The summed E-state index contributed by atoms with van der Waals surface area (Å²) in [6.07, 6.45) is 0. The van der Waals surface area contributed by atoms with Crippen molar-refractivity contribution in [2.75, 3.05) is 12.4 Å². The molecule has 2 nitrogen and oxygen atoms in total. The third-order valence-electron chi connectivity index (χ3n) is 2.47. The van der Waals surface area contributed by atoms with Gasteiger partial charge in [0.25, 0.3) is 0 Å². The molecule has 98 valence electrons. The standard InChI is InChI=1S/C17H13NOS/c18-14-15-8-10-17(11-9-15)20-13-5-4-12-19-16-6-2-1-3-7-16/h1-3,6-11H,12-13H2. The van der Waals surface area contributed by atoms with Gasteiger partial charge in [0.15, 0.2) is 0 Å². The Bertz CT molecular complexity index is 633. The second-order valence-corrected chi connectivity index (χ2v) is 4.93. The van der Waals surface area contributed by atoms with Crippen LogP contribution in [0.4, 0.5) is 0 Å². The molecule has 2 aromatic rings. The van der Waals surface area contributed by atoms with Gasteiger partial charge in [-0.2, -0.15) is 5.26 Å². The van der Waals surface area contributed by atoms with Crippen LogP contribution >= 0.6 is 11.8 Å². The van der Waals surface area contributed by atoms with E-state index >= 15 is 0 Å². The van der Waals surface area contributed by atoms with Gasteiger partial charge in [-0.3, -0.25) is 0 Å². The predicted octanol–water partition coefficient (Wildman–Crippen LogP) is 3.73. The van der Waals surface area contributed by atoms with Crippen molar-refractivity contribution < 1.29 is 4.74 Å². The van der Waals surface area contributed by atoms with E-state index < -0.39 is 0 Å². The van der Waals surface area contributed by atoms with Crippen molar-refractivity contribution in [2.45, 2.75) is 4.90 Å². The highest BCUT2D eigenvalue weighted by atomic mass is 32.2. The van der Waals surface area contributed by atoms with Crippen LogP contribution in [0.15, 0.2) is 59.5 Å². The van der Waals surface area contributed by atoms with E-state index in [2.05, 4.69) is 17.9 Å². The molecule has 0 aromatic heterocycles. The van der Waals surface area contributed by atoms with E-state index in [1.165, 1.54) is 0 Å². The van der Waals surface area contributed by atoms with Crippen molar-refractivity contribution in [3.05, 3.63) is 60.2 Å². The Balaban J connectivity index is 1.71. The van der Waals surface area contributed by atoms with Crippen molar-refractivity contribution in [2.24, 2.45) is 0 Å². The predicted molar refractivity (Wildman–Crippen MR) is 81.6 cm³/mol. The lowest BCUT2D eigenvalue weighted by molar-refractivity contribution is 0.370. The lowest BCUT2D eigenvalue weighted by atomic mass is 10.2. The fraction of sp³-hybridized carbons (Fsp3) is 0.118. The van der Waals surface area contributed by atoms with Crippen LogP contribution in [0.1, 0.15) is 5.56 Å². The highest BCUT2D eigenvalue weighted by Crippen LogP contribution is 2.17. The van der Waals surface area contributed by atoms with Crippen LogP contribution in [0.2, 0.25) is 0 Å². The number of hydrogen-bond donors (Lipinski definition) is 0. The first-order chi connectivity index (χ1) is 9.88. The van der Waals surface area contributed by atoms with Crippen LogP contribution in [0, 0.1) is 23.2 Å². The summed E-state index contributed by atoms with van der Waals surface area (Å²) >= 11 is 1.65. The Morgan fingerprint density at radius 3 is 2.40 bits per heavy atom. The number of nitrogens with zero attached hydrogens (tertiary/aromatic N) is 1. The van der Waals surface area contributed by atoms with Crippen molar-refractivity contribution in [1.29, 1.82) is 5.26 Å². The minimum absolute atomic E-state index is 0.401. The molecule has 0 saturated heterocycles. The van der Waals surface area contributed by atoms with Crippen LogP contribution < -0.4 is 4.74 Å². The van der Waals surface area contributed by atoms with E-state index in [4.69, 9.17) is 10.00 Å². The van der Waals surface area contributed by atoms with Gasteiger partial charge in [0.1, 0.15) is 12.4 Å². The molecule has 3 heteroatoms. The SMILES string of the molecule is N#Cc1ccc(SCC#CCOc2ccccc2)cc1. The van der Waals surface area contributed by atoms with Gasteiger partial charge < -0.3 is 4.74 Å². The zero-order valence-corrected chi connectivity index (χ0v) is 11.7. The average molecular weight is 279 g/mol. The van der Waals surface area contributed by atoms with Gasteiger partial charge in [-0.1, -0.05) is 30.0 Å². The van der Waals surface area contributed by atoms with E-state index in [1.54, 1.807) is 11.8 Å². The maximum Gasteiger partial charge on any atom is 0.149 e. The van der Waals surface area contributed by atoms with Gasteiger partial charge in [0.05, 0.1) is 17.4 Å². The Labute approximate surface area is 123 Å². The van der Waals surface area contributed by atoms with Crippen molar-refractivity contribution >= 4 is 11.8 Å². The minimum Gasteiger partial charge on any atom is -0.481 e. The molecule has 0 saturated carbocycles. The second-order valence-electron chi connectivity index (χ2n) is 3.88. The summed E-state index contributed by atoms with van der Waals surface area (Å²) in [5, 5.41) is 8.70. The molecule has 0 heterocycles. The zero-order chi connectivity index (χ0) is 14.0. The van der Waals surface area contributed by atoms with Gasteiger partial charge >= 0.3 is 0 Å². The number of nitriles is 1. The third-order valence-corrected chi connectivity index (χ3v) is 3.37. The quantitative estimate of drug-likeness (QED) is 0.631. The maximum absolute atomic E-state index is 8.70. The number of rotatable bonds is 4. The van der Waals surface area contributed by atoms with Crippen LogP contribution in [0.25, 0.3) is 0 Å². The number of ether oxygens (including phenoxy) is 1. The lowest BCUT2D eigenvalue weighted by Crippen LogP contribution is -1.93. The molecule has 0 fully saturated rings. The summed E-state index contributed by atoms with van der Waals surface area (Å²) in [5.74, 6) is 7.58. The average Bonchev–Trinajstić information content (AvgIpc) is 2.52. The number of para-hydroxylation sites is 1. The summed E-state index contributed by atoms with van der Waals surface area (Å²) in [4.78, 5) is 1.11. The molecule has 20 heavy (non-hydrogen) atoms. The molecule has 0 aliphatic carbocycles. The molecular weight excluding hydrogens is 266 g/mol. The molecule has 0 spiro atoms. The number of thioether (sulfide) groups is 1. The van der Waals surface area contributed by atoms with E-state index in [0.717, 1.165) is 10.6 Å². The monoisotopic (exact) mass is 279 g/mol. The Morgan fingerprint density at radius 2 is 1.70 bits per heavy atom. The van der Waals surface area contributed by atoms with Crippen molar-refractivity contribution in [3.8, 4) is 23.7 Å². The normalized spacial score (nSPS) is 9.15. The largest absolute Gasteiger partial charge is 0.481 e. The van der Waals surface area contributed by atoms with E-state index in [9.17, 15) is 0 Å². The molecule has 0 bridgehead atoms. The van der Waals surface area contributed by atoms with E-state index in [-0.39, 0.29) is 0 Å². The van der Waals surface area contributed by atoms with Gasteiger partial charge in [-0.25, -0.2) is 0 Å². The molecule has 0 amide bonds. The lowest BCUT2D eigenvalue weighted by Gasteiger charge is -1.99. The van der Waals surface area contributed by atoms with E-state index in [0.29, 0.717) is 17.9 Å². The van der Waals surface area contributed by atoms with Gasteiger partial charge in [-0.15, -0.1) is 11.8 Å². The van der Waals surface area contributed by atoms with Crippen LogP contribution in [0.5, 0.6) is 5.75 Å². The Kier molecular flexibility index (Phi) is 5.58. The van der Waals surface area contributed by atoms with E-state index in [1.807, 2.05) is 54.6 Å². The number of hydrogen-bond acceptors (Lipinski definition) is 3. The van der Waals surface area contributed by atoms with Crippen LogP contribution in [0.3, 0.4) is 0 Å². The van der Waals surface area contributed by atoms with Crippen LogP contribution in [-0.4, -0.2) is 12.4 Å². The molecule has 0 N–H and O–H groups in total. The van der Waals surface area contributed by atoms with Crippen LogP contribution in [-0.2, 0) is 0 Å². The summed E-state index contributed by atoms with van der Waals surface area (Å²) in [6.45, 7) is 0.401. The molecular formula is C17H13NOS. The van der Waals surface area contributed by atoms with Gasteiger partial charge in [0, 0.05) is 4.90 Å². The van der Waals surface area contributed by atoms with Crippen molar-refractivity contribution in [1.82, 2.24) is 0 Å².